The minimum absolute atomic E-state index is 0.0898. The van der Waals surface area contributed by atoms with Crippen LogP contribution in [0.1, 0.15) is 28.8 Å². The Hall–Kier alpha value is -3.48. The highest BCUT2D eigenvalue weighted by Crippen LogP contribution is 2.34. The van der Waals surface area contributed by atoms with Crippen molar-refractivity contribution in [3.8, 4) is 11.5 Å². The van der Waals surface area contributed by atoms with Gasteiger partial charge in [-0.15, -0.1) is 6.58 Å². The second-order valence-corrected chi connectivity index (χ2v) is 7.50. The summed E-state index contributed by atoms with van der Waals surface area (Å²) in [6.07, 6.45) is 3.71. The lowest BCUT2D eigenvalue weighted by Gasteiger charge is -2.33. The third-order valence-corrected chi connectivity index (χ3v) is 5.57. The Morgan fingerprint density at radius 1 is 1.19 bits per heavy atom. The normalized spacial score (nSPS) is 14.1. The molecule has 31 heavy (non-hydrogen) atoms. The molecule has 1 saturated heterocycles. The first kappa shape index (κ1) is 22.2. The summed E-state index contributed by atoms with van der Waals surface area (Å²) >= 11 is 0. The molecule has 7 nitrogen and oxygen atoms in total. The number of benzene rings is 2. The third kappa shape index (κ3) is 4.99. The van der Waals surface area contributed by atoms with Crippen LogP contribution in [0, 0.1) is 5.92 Å². The lowest BCUT2D eigenvalue weighted by atomic mass is 9.96. The van der Waals surface area contributed by atoms with Crippen LogP contribution in [0.15, 0.2) is 49.1 Å². The van der Waals surface area contributed by atoms with Gasteiger partial charge in [0.15, 0.2) is 11.5 Å². The van der Waals surface area contributed by atoms with Crippen molar-refractivity contribution in [2.24, 2.45) is 11.7 Å². The van der Waals surface area contributed by atoms with E-state index < -0.39 is 0 Å². The summed E-state index contributed by atoms with van der Waals surface area (Å²) in [4.78, 5) is 26.7. The Kier molecular flexibility index (Phi) is 7.18. The molecule has 2 aromatic carbocycles. The van der Waals surface area contributed by atoms with E-state index in [4.69, 9.17) is 15.2 Å². The molecule has 164 valence electrons. The molecule has 7 heteroatoms. The van der Waals surface area contributed by atoms with Crippen molar-refractivity contribution in [3.05, 3.63) is 60.2 Å². The van der Waals surface area contributed by atoms with Gasteiger partial charge in [-0.3, -0.25) is 9.59 Å². The highest BCUT2D eigenvalue weighted by Gasteiger charge is 2.25. The molecule has 0 radical (unpaired) electrons. The van der Waals surface area contributed by atoms with Crippen molar-refractivity contribution in [1.29, 1.82) is 0 Å². The second-order valence-electron chi connectivity index (χ2n) is 7.50. The van der Waals surface area contributed by atoms with E-state index in [0.717, 1.165) is 11.3 Å². The molecule has 1 aliphatic rings. The summed E-state index contributed by atoms with van der Waals surface area (Å²) < 4.78 is 10.9. The van der Waals surface area contributed by atoms with E-state index >= 15 is 0 Å². The van der Waals surface area contributed by atoms with E-state index in [2.05, 4.69) is 16.8 Å². The van der Waals surface area contributed by atoms with Crippen LogP contribution >= 0.6 is 0 Å². The predicted octanol–water partition coefficient (Wildman–Crippen LogP) is 3.39. The van der Waals surface area contributed by atoms with Gasteiger partial charge in [0.2, 0.25) is 5.91 Å². The standard InChI is InChI=1S/C24H29N3O4/c1-4-7-17-14-18(15-21(30-2)22(17)31-3)24(29)26-19-8-5-6-9-20(19)27-12-10-16(11-13-27)23(25)28/h4-6,8-9,14-16H,1,7,10-13H2,2-3H3,(H2,25,28)(H,26,29). The lowest BCUT2D eigenvalue weighted by Crippen LogP contribution is -2.38. The molecule has 0 spiro atoms. The van der Waals surface area contributed by atoms with Gasteiger partial charge in [-0.2, -0.15) is 0 Å². The Balaban J connectivity index is 1.84. The molecular weight excluding hydrogens is 394 g/mol. The average Bonchev–Trinajstić information content (AvgIpc) is 2.79. The molecule has 0 unspecified atom stereocenters. The van der Waals surface area contributed by atoms with Crippen LogP contribution in [0.3, 0.4) is 0 Å². The van der Waals surface area contributed by atoms with Crippen LogP contribution in [-0.2, 0) is 11.2 Å². The number of nitrogens with two attached hydrogens (primary N) is 1. The zero-order chi connectivity index (χ0) is 22.4. The summed E-state index contributed by atoms with van der Waals surface area (Å²) in [6, 6.07) is 11.1. The zero-order valence-corrected chi connectivity index (χ0v) is 18.0. The lowest BCUT2D eigenvalue weighted by molar-refractivity contribution is -0.122. The number of hydrogen-bond acceptors (Lipinski definition) is 5. The minimum atomic E-state index is -0.245. The van der Waals surface area contributed by atoms with E-state index in [0.29, 0.717) is 55.1 Å². The smallest absolute Gasteiger partial charge is 0.255 e. The number of primary amides is 1. The van der Waals surface area contributed by atoms with Crippen molar-refractivity contribution in [3.63, 3.8) is 0 Å². The second kappa shape index (κ2) is 10.0. The van der Waals surface area contributed by atoms with Gasteiger partial charge in [0.05, 0.1) is 25.6 Å². The summed E-state index contributed by atoms with van der Waals surface area (Å²) in [5.41, 5.74) is 8.38. The summed E-state index contributed by atoms with van der Waals surface area (Å²) in [5.74, 6) is 0.509. The van der Waals surface area contributed by atoms with Gasteiger partial charge < -0.3 is 25.4 Å². The number of nitrogens with zero attached hydrogens (tertiary/aromatic N) is 1. The van der Waals surface area contributed by atoms with Gasteiger partial charge in [-0.05, 0) is 43.5 Å². The number of nitrogens with one attached hydrogen (secondary N) is 1. The first-order valence-electron chi connectivity index (χ1n) is 10.3. The maximum absolute atomic E-state index is 13.1. The van der Waals surface area contributed by atoms with Crippen LogP contribution in [0.4, 0.5) is 11.4 Å². The number of carbonyl (C=O) groups is 2. The van der Waals surface area contributed by atoms with Crippen molar-refractivity contribution in [1.82, 2.24) is 0 Å². The van der Waals surface area contributed by atoms with Gasteiger partial charge in [0.1, 0.15) is 0 Å². The van der Waals surface area contributed by atoms with Crippen molar-refractivity contribution in [2.45, 2.75) is 19.3 Å². The van der Waals surface area contributed by atoms with Crippen LogP contribution < -0.4 is 25.4 Å². The van der Waals surface area contributed by atoms with E-state index in [1.807, 2.05) is 24.3 Å². The van der Waals surface area contributed by atoms with Crippen molar-refractivity contribution in [2.75, 3.05) is 37.5 Å². The molecule has 2 amide bonds. The number of amides is 2. The minimum Gasteiger partial charge on any atom is -0.493 e. The molecule has 1 aliphatic heterocycles. The summed E-state index contributed by atoms with van der Waals surface area (Å²) in [5, 5.41) is 3.02. The largest absolute Gasteiger partial charge is 0.493 e. The monoisotopic (exact) mass is 423 g/mol. The molecule has 0 aromatic heterocycles. The molecule has 3 N–H and O–H groups in total. The number of carbonyl (C=O) groups excluding carboxylic acids is 2. The van der Waals surface area contributed by atoms with Gasteiger partial charge in [-0.25, -0.2) is 0 Å². The maximum atomic E-state index is 13.1. The SMILES string of the molecule is C=CCc1cc(C(=O)Nc2ccccc2N2CCC(C(N)=O)CC2)cc(OC)c1OC. The Morgan fingerprint density at radius 2 is 1.90 bits per heavy atom. The molecule has 0 bridgehead atoms. The van der Waals surface area contributed by atoms with Gasteiger partial charge in [0, 0.05) is 30.1 Å². The predicted molar refractivity (Wildman–Crippen MR) is 122 cm³/mol. The molecule has 0 saturated carbocycles. The first-order chi connectivity index (χ1) is 15.0. The number of ether oxygens (including phenoxy) is 2. The van der Waals surface area contributed by atoms with Gasteiger partial charge >= 0.3 is 0 Å². The molecule has 0 aliphatic carbocycles. The fourth-order valence-electron chi connectivity index (χ4n) is 3.94. The topological polar surface area (TPSA) is 93.9 Å². The molecule has 3 rings (SSSR count). The number of hydrogen-bond donors (Lipinski definition) is 2. The first-order valence-corrected chi connectivity index (χ1v) is 10.3. The quantitative estimate of drug-likeness (QED) is 0.635. The number of methoxy groups -OCH3 is 2. The Morgan fingerprint density at radius 3 is 2.52 bits per heavy atom. The van der Waals surface area contributed by atoms with E-state index in [1.165, 1.54) is 0 Å². The van der Waals surface area contributed by atoms with Crippen molar-refractivity contribution >= 4 is 23.2 Å². The van der Waals surface area contributed by atoms with Gasteiger partial charge in [0.25, 0.3) is 5.91 Å². The fourth-order valence-corrected chi connectivity index (χ4v) is 3.94. The molecule has 1 heterocycles. The number of rotatable bonds is 8. The Bertz CT molecular complexity index is 965. The molecular formula is C24H29N3O4. The summed E-state index contributed by atoms with van der Waals surface area (Å²) in [6.45, 7) is 5.19. The number of para-hydroxylation sites is 2. The van der Waals surface area contributed by atoms with Crippen molar-refractivity contribution < 1.29 is 19.1 Å². The summed E-state index contributed by atoms with van der Waals surface area (Å²) in [7, 11) is 3.12. The average molecular weight is 424 g/mol. The van der Waals surface area contributed by atoms with Crippen LogP contribution in [0.5, 0.6) is 11.5 Å². The van der Waals surface area contributed by atoms with Crippen LogP contribution in [-0.4, -0.2) is 39.1 Å². The maximum Gasteiger partial charge on any atom is 0.255 e. The molecule has 2 aromatic rings. The van der Waals surface area contributed by atoms with Crippen LogP contribution in [0.2, 0.25) is 0 Å². The molecule has 1 fully saturated rings. The Labute approximate surface area is 182 Å². The van der Waals surface area contributed by atoms with Gasteiger partial charge in [-0.1, -0.05) is 18.2 Å². The zero-order valence-electron chi connectivity index (χ0n) is 18.0. The van der Waals surface area contributed by atoms with Crippen LogP contribution in [0.25, 0.3) is 0 Å². The number of piperidine rings is 1. The van der Waals surface area contributed by atoms with E-state index in [9.17, 15) is 9.59 Å². The van der Waals surface area contributed by atoms with E-state index in [1.54, 1.807) is 32.4 Å². The van der Waals surface area contributed by atoms with E-state index in [-0.39, 0.29) is 17.7 Å². The molecule has 0 atom stereocenters. The fraction of sp³-hybridized carbons (Fsp3) is 0.333. The third-order valence-electron chi connectivity index (χ3n) is 5.57. The highest BCUT2D eigenvalue weighted by molar-refractivity contribution is 6.06. The highest BCUT2D eigenvalue weighted by atomic mass is 16.5. The number of allylic oxidation sites excluding steroid dienone is 1. The number of anilines is 2.